The van der Waals surface area contributed by atoms with Gasteiger partial charge in [0.25, 0.3) is 0 Å². The molecule has 3 heterocycles. The molecular formula is C31H46N4O5. The number of ether oxygens (including phenoxy) is 2. The van der Waals surface area contributed by atoms with Gasteiger partial charge in [-0.15, -0.1) is 0 Å². The first-order valence-corrected chi connectivity index (χ1v) is 14.9. The van der Waals surface area contributed by atoms with Gasteiger partial charge in [-0.2, -0.15) is 0 Å². The van der Waals surface area contributed by atoms with Gasteiger partial charge in [-0.1, -0.05) is 44.2 Å². The summed E-state index contributed by atoms with van der Waals surface area (Å²) in [5.74, 6) is 1.09. The van der Waals surface area contributed by atoms with Gasteiger partial charge in [0.1, 0.15) is 18.4 Å². The van der Waals surface area contributed by atoms with Gasteiger partial charge in [0.05, 0.1) is 25.1 Å². The van der Waals surface area contributed by atoms with Gasteiger partial charge in [0, 0.05) is 18.6 Å². The second kappa shape index (κ2) is 14.6. The van der Waals surface area contributed by atoms with Crippen molar-refractivity contribution in [3.63, 3.8) is 0 Å². The molecule has 1 aromatic rings. The van der Waals surface area contributed by atoms with Crippen LogP contribution in [0.5, 0.6) is 5.75 Å². The smallest absolute Gasteiger partial charge is 0.242 e. The number of para-hydroxylation sites is 1. The second-order valence-corrected chi connectivity index (χ2v) is 11.9. The molecule has 9 nitrogen and oxygen atoms in total. The zero-order valence-corrected chi connectivity index (χ0v) is 24.0. The Bertz CT molecular complexity index is 1010. The molecule has 3 atom stereocenters. The summed E-state index contributed by atoms with van der Waals surface area (Å²) < 4.78 is 11.4. The van der Waals surface area contributed by atoms with Crippen molar-refractivity contribution in [2.75, 3.05) is 46.0 Å². The first-order valence-electron chi connectivity index (χ1n) is 14.9. The van der Waals surface area contributed by atoms with Crippen molar-refractivity contribution >= 4 is 17.7 Å². The number of nitrogens with one attached hydrogen (secondary N) is 3. The molecule has 3 aliphatic rings. The highest BCUT2D eigenvalue weighted by Gasteiger charge is 2.42. The zero-order valence-electron chi connectivity index (χ0n) is 24.0. The highest BCUT2D eigenvalue weighted by molar-refractivity contribution is 5.90. The van der Waals surface area contributed by atoms with E-state index >= 15 is 0 Å². The van der Waals surface area contributed by atoms with Crippen molar-refractivity contribution in [2.24, 2.45) is 17.3 Å². The third kappa shape index (κ3) is 8.54. The molecule has 4 rings (SSSR count). The van der Waals surface area contributed by atoms with Crippen LogP contribution in [-0.2, 0) is 19.1 Å². The second-order valence-electron chi connectivity index (χ2n) is 11.9. The standard InChI is InChI=1S/C31H46N4O5/c1-23(2)20-27-29(37)33-26-11-18-39-22-24(26)8-6-7-12-31(30(38)34-27)13-16-35(17-14-31)21-28(36)32-15-19-40-25-9-4-3-5-10-25/h3-7,9-10,23-24,26-27H,8,11-22H2,1-2H3,(H,32,36)(H,33,37)(H,34,38)/b7-6-/t24-,26+,27-/m1/s1. The number of fused-ring (bicyclic) bond motifs is 1. The molecule has 220 valence electrons. The van der Waals surface area contributed by atoms with Crippen LogP contribution in [0.15, 0.2) is 42.5 Å². The van der Waals surface area contributed by atoms with E-state index in [4.69, 9.17) is 9.47 Å². The summed E-state index contributed by atoms with van der Waals surface area (Å²) in [5, 5.41) is 9.31. The van der Waals surface area contributed by atoms with Gasteiger partial charge in [-0.25, -0.2) is 0 Å². The highest BCUT2D eigenvalue weighted by atomic mass is 16.5. The average Bonchev–Trinajstić information content (AvgIpc) is 2.94. The zero-order chi connectivity index (χ0) is 28.4. The van der Waals surface area contributed by atoms with Gasteiger partial charge in [-0.05, 0) is 69.7 Å². The lowest BCUT2D eigenvalue weighted by Gasteiger charge is -2.41. The Morgan fingerprint density at radius 1 is 1.15 bits per heavy atom. The van der Waals surface area contributed by atoms with Crippen molar-refractivity contribution < 1.29 is 23.9 Å². The van der Waals surface area contributed by atoms with Crippen LogP contribution in [0.2, 0.25) is 0 Å². The van der Waals surface area contributed by atoms with Crippen molar-refractivity contribution in [1.82, 2.24) is 20.9 Å². The quantitative estimate of drug-likeness (QED) is 0.337. The molecule has 2 saturated heterocycles. The number of allylic oxidation sites excluding steroid dienone is 2. The van der Waals surface area contributed by atoms with E-state index in [1.54, 1.807) is 0 Å². The van der Waals surface area contributed by atoms with Crippen molar-refractivity contribution in [1.29, 1.82) is 0 Å². The summed E-state index contributed by atoms with van der Waals surface area (Å²) in [4.78, 5) is 41.8. The van der Waals surface area contributed by atoms with Crippen LogP contribution in [0, 0.1) is 17.3 Å². The third-order valence-electron chi connectivity index (χ3n) is 8.34. The maximum atomic E-state index is 13.8. The number of benzene rings is 1. The molecule has 3 N–H and O–H groups in total. The van der Waals surface area contributed by atoms with Crippen LogP contribution in [0.25, 0.3) is 0 Å². The van der Waals surface area contributed by atoms with Gasteiger partial charge >= 0.3 is 0 Å². The lowest BCUT2D eigenvalue weighted by molar-refractivity contribution is -0.138. The number of likely N-dealkylation sites (tertiary alicyclic amines) is 1. The number of piperidine rings is 1. The van der Waals surface area contributed by atoms with Crippen molar-refractivity contribution in [3.8, 4) is 5.75 Å². The number of amides is 3. The number of nitrogens with zero attached hydrogens (tertiary/aromatic N) is 1. The van der Waals surface area contributed by atoms with E-state index in [9.17, 15) is 14.4 Å². The van der Waals surface area contributed by atoms with E-state index in [1.807, 2.05) is 30.3 Å². The topological polar surface area (TPSA) is 109 Å². The highest BCUT2D eigenvalue weighted by Crippen LogP contribution is 2.36. The van der Waals surface area contributed by atoms with Crippen LogP contribution in [0.4, 0.5) is 0 Å². The van der Waals surface area contributed by atoms with Crippen LogP contribution < -0.4 is 20.7 Å². The number of carbonyl (C=O) groups is 3. The SMILES string of the molecule is CC(C)C[C@H]1NC(=O)C2(C/C=C\C[C@@H]3COCC[C@@H]3NC1=O)CCN(CC(=O)NCCOc1ccccc1)CC2. The number of hydrogen-bond acceptors (Lipinski definition) is 6. The third-order valence-corrected chi connectivity index (χ3v) is 8.34. The van der Waals surface area contributed by atoms with Gasteiger partial charge in [-0.3, -0.25) is 19.3 Å². The van der Waals surface area contributed by atoms with E-state index in [-0.39, 0.29) is 35.6 Å². The van der Waals surface area contributed by atoms with E-state index in [2.05, 4.69) is 46.8 Å². The summed E-state index contributed by atoms with van der Waals surface area (Å²) in [6.45, 7) is 7.85. The molecule has 0 aliphatic carbocycles. The molecule has 1 aromatic carbocycles. The van der Waals surface area contributed by atoms with Gasteiger partial charge < -0.3 is 25.4 Å². The van der Waals surface area contributed by atoms with Crippen LogP contribution in [-0.4, -0.2) is 80.7 Å². The van der Waals surface area contributed by atoms with E-state index in [1.165, 1.54) is 0 Å². The first kappa shape index (κ1) is 30.1. The monoisotopic (exact) mass is 554 g/mol. The molecule has 0 unspecified atom stereocenters. The Morgan fingerprint density at radius 3 is 2.67 bits per heavy atom. The fourth-order valence-electron chi connectivity index (χ4n) is 5.89. The van der Waals surface area contributed by atoms with Crippen LogP contribution >= 0.6 is 0 Å². The Hall–Kier alpha value is -2.91. The first-order chi connectivity index (χ1) is 19.3. The van der Waals surface area contributed by atoms with Crippen LogP contribution in [0.3, 0.4) is 0 Å². The Kier molecular flexibility index (Phi) is 11.0. The predicted octanol–water partition coefficient (Wildman–Crippen LogP) is 2.67. The minimum absolute atomic E-state index is 0.0476. The lowest BCUT2D eigenvalue weighted by Crippen LogP contribution is -2.57. The molecule has 0 radical (unpaired) electrons. The summed E-state index contributed by atoms with van der Waals surface area (Å²) in [7, 11) is 0. The fraction of sp³-hybridized carbons (Fsp3) is 0.645. The fourth-order valence-corrected chi connectivity index (χ4v) is 5.89. The minimum atomic E-state index is -0.593. The maximum absolute atomic E-state index is 13.8. The molecule has 3 amide bonds. The molecule has 40 heavy (non-hydrogen) atoms. The Balaban J connectivity index is 1.34. The molecule has 2 fully saturated rings. The summed E-state index contributed by atoms with van der Waals surface area (Å²) in [5.41, 5.74) is -0.593. The average molecular weight is 555 g/mol. The van der Waals surface area contributed by atoms with E-state index in [0.29, 0.717) is 71.7 Å². The lowest BCUT2D eigenvalue weighted by atomic mass is 9.74. The molecule has 1 spiro atoms. The van der Waals surface area contributed by atoms with Crippen molar-refractivity contribution in [3.05, 3.63) is 42.5 Å². The van der Waals surface area contributed by atoms with Gasteiger partial charge in [0.2, 0.25) is 17.7 Å². The minimum Gasteiger partial charge on any atom is -0.492 e. The van der Waals surface area contributed by atoms with Crippen LogP contribution in [0.1, 0.15) is 52.4 Å². The van der Waals surface area contributed by atoms with E-state index in [0.717, 1.165) is 18.6 Å². The summed E-state index contributed by atoms with van der Waals surface area (Å²) in [6.07, 6.45) is 8.40. The molecule has 3 aliphatic heterocycles. The number of rotatable bonds is 8. The Morgan fingerprint density at radius 2 is 1.93 bits per heavy atom. The normalized spacial score (nSPS) is 26.5. The summed E-state index contributed by atoms with van der Waals surface area (Å²) in [6, 6.07) is 9.03. The van der Waals surface area contributed by atoms with Gasteiger partial charge in [0.15, 0.2) is 0 Å². The maximum Gasteiger partial charge on any atom is 0.242 e. The Labute approximate surface area is 238 Å². The van der Waals surface area contributed by atoms with E-state index < -0.39 is 11.5 Å². The number of carbonyl (C=O) groups excluding carboxylic acids is 3. The largest absolute Gasteiger partial charge is 0.492 e. The molecule has 0 bridgehead atoms. The predicted molar refractivity (Wildman–Crippen MR) is 154 cm³/mol. The molecule has 0 saturated carbocycles. The molecular weight excluding hydrogens is 508 g/mol. The summed E-state index contributed by atoms with van der Waals surface area (Å²) >= 11 is 0. The number of hydrogen-bond donors (Lipinski definition) is 3. The van der Waals surface area contributed by atoms with Crippen molar-refractivity contribution in [2.45, 2.75) is 64.5 Å². The molecule has 9 heteroatoms. The molecule has 0 aromatic heterocycles.